The van der Waals surface area contributed by atoms with Gasteiger partial charge in [-0.25, -0.2) is 0 Å². The molecule has 3 heteroatoms. The van der Waals surface area contributed by atoms with Crippen LogP contribution < -0.4 is 11.1 Å². The Labute approximate surface area is 110 Å². The Kier molecular flexibility index (Phi) is 1.78. The maximum Gasteiger partial charge on any atom is 0.252 e. The molecular formula is C16H12N2O. The Bertz CT molecular complexity index is 735. The van der Waals surface area contributed by atoms with Gasteiger partial charge in [-0.2, -0.15) is 0 Å². The van der Waals surface area contributed by atoms with Gasteiger partial charge in [-0.05, 0) is 17.2 Å². The minimum Gasteiger partial charge on any atom is -0.367 e. The zero-order chi connectivity index (χ0) is 13.0. The Morgan fingerprint density at radius 2 is 1.68 bits per heavy atom. The zero-order valence-electron chi connectivity index (χ0n) is 10.2. The second-order valence-electron chi connectivity index (χ2n) is 4.93. The largest absolute Gasteiger partial charge is 0.367 e. The zero-order valence-corrected chi connectivity index (χ0v) is 10.2. The van der Waals surface area contributed by atoms with E-state index in [2.05, 4.69) is 11.4 Å². The van der Waals surface area contributed by atoms with Crippen molar-refractivity contribution >= 4 is 17.7 Å². The number of benzene rings is 2. The molecule has 2 aromatic carbocycles. The maximum absolute atomic E-state index is 12.2. The van der Waals surface area contributed by atoms with Crippen molar-refractivity contribution in [1.82, 2.24) is 5.32 Å². The van der Waals surface area contributed by atoms with Crippen molar-refractivity contribution < 1.29 is 4.79 Å². The second-order valence-corrected chi connectivity index (χ2v) is 4.93. The van der Waals surface area contributed by atoms with Gasteiger partial charge >= 0.3 is 0 Å². The van der Waals surface area contributed by atoms with E-state index in [0.29, 0.717) is 0 Å². The molecule has 2 heterocycles. The Morgan fingerprint density at radius 3 is 2.47 bits per heavy atom. The van der Waals surface area contributed by atoms with Crippen LogP contribution in [-0.4, -0.2) is 5.91 Å². The first-order chi connectivity index (χ1) is 9.23. The van der Waals surface area contributed by atoms with Crippen molar-refractivity contribution in [2.45, 2.75) is 5.54 Å². The van der Waals surface area contributed by atoms with Gasteiger partial charge < -0.3 is 11.1 Å². The highest BCUT2D eigenvalue weighted by Gasteiger charge is 2.50. The Morgan fingerprint density at radius 1 is 1.00 bits per heavy atom. The minimum absolute atomic E-state index is 0.365. The molecule has 1 unspecified atom stereocenters. The molecule has 0 saturated heterocycles. The summed E-state index contributed by atoms with van der Waals surface area (Å²) in [4.78, 5) is 12.2. The summed E-state index contributed by atoms with van der Waals surface area (Å²) in [7, 11) is 0. The van der Waals surface area contributed by atoms with E-state index >= 15 is 0 Å². The molecule has 3 N–H and O–H groups in total. The number of primary amides is 1. The fourth-order valence-corrected chi connectivity index (χ4v) is 3.15. The summed E-state index contributed by atoms with van der Waals surface area (Å²) in [5.74, 6) is -0.365. The molecule has 1 amide bonds. The van der Waals surface area contributed by atoms with E-state index < -0.39 is 5.54 Å². The van der Waals surface area contributed by atoms with Crippen molar-refractivity contribution in [1.29, 1.82) is 0 Å². The Hall–Kier alpha value is -2.55. The molecule has 2 bridgehead atoms. The van der Waals surface area contributed by atoms with Crippen LogP contribution in [0.3, 0.4) is 0 Å². The third-order valence-corrected chi connectivity index (χ3v) is 3.98. The van der Waals surface area contributed by atoms with E-state index in [1.807, 2.05) is 48.5 Å². The summed E-state index contributed by atoms with van der Waals surface area (Å²) in [6.45, 7) is 0. The van der Waals surface area contributed by atoms with Gasteiger partial charge in [-0.15, -0.1) is 0 Å². The topological polar surface area (TPSA) is 55.1 Å². The molecule has 19 heavy (non-hydrogen) atoms. The van der Waals surface area contributed by atoms with Crippen LogP contribution in [0, 0.1) is 0 Å². The minimum atomic E-state index is -0.919. The van der Waals surface area contributed by atoms with Crippen LogP contribution in [0.15, 0.2) is 48.5 Å². The van der Waals surface area contributed by atoms with Crippen LogP contribution in [0.2, 0.25) is 0 Å². The highest BCUT2D eigenvalue weighted by molar-refractivity contribution is 6.03. The van der Waals surface area contributed by atoms with Gasteiger partial charge in [-0.3, -0.25) is 4.79 Å². The molecule has 2 aliphatic rings. The lowest BCUT2D eigenvalue weighted by molar-refractivity contribution is -0.122. The van der Waals surface area contributed by atoms with E-state index in [1.165, 1.54) is 0 Å². The van der Waals surface area contributed by atoms with Crippen LogP contribution in [-0.2, 0) is 10.3 Å². The third-order valence-electron chi connectivity index (χ3n) is 3.98. The molecule has 0 fully saturated rings. The molecule has 0 aliphatic carbocycles. The average Bonchev–Trinajstić information content (AvgIpc) is 2.71. The highest BCUT2D eigenvalue weighted by Crippen LogP contribution is 2.46. The fraction of sp³-hybridized carbons (Fsp3) is 0.0625. The summed E-state index contributed by atoms with van der Waals surface area (Å²) in [5, 5.41) is 3.31. The number of hydrogen-bond acceptors (Lipinski definition) is 2. The van der Waals surface area contributed by atoms with E-state index in [-0.39, 0.29) is 5.91 Å². The molecule has 0 saturated carbocycles. The summed E-state index contributed by atoms with van der Waals surface area (Å²) in [6.07, 6.45) is 2.07. The fourth-order valence-electron chi connectivity index (χ4n) is 3.15. The lowest BCUT2D eigenvalue weighted by atomic mass is 9.81. The third kappa shape index (κ3) is 1.10. The molecule has 4 rings (SSSR count). The average molecular weight is 248 g/mol. The molecule has 2 aromatic rings. The number of fused-ring (bicyclic) bond motifs is 7. The number of rotatable bonds is 1. The molecule has 0 spiro atoms. The number of nitrogens with one attached hydrogen (secondary N) is 1. The molecule has 1 atom stereocenters. The molecule has 0 aromatic heterocycles. The van der Waals surface area contributed by atoms with Gasteiger partial charge in [0, 0.05) is 16.8 Å². The highest BCUT2D eigenvalue weighted by atomic mass is 16.1. The molecule has 92 valence electrons. The number of carbonyl (C=O) groups excluding carboxylic acids is 1. The van der Waals surface area contributed by atoms with Crippen molar-refractivity contribution in [3.63, 3.8) is 0 Å². The summed E-state index contributed by atoms with van der Waals surface area (Å²) >= 11 is 0. The first-order valence-corrected chi connectivity index (χ1v) is 6.22. The van der Waals surface area contributed by atoms with Gasteiger partial charge in [0.2, 0.25) is 0 Å². The van der Waals surface area contributed by atoms with Crippen molar-refractivity contribution in [3.05, 3.63) is 70.8 Å². The molecule has 0 radical (unpaired) electrons. The van der Waals surface area contributed by atoms with E-state index in [4.69, 9.17) is 5.73 Å². The van der Waals surface area contributed by atoms with E-state index in [1.54, 1.807) is 0 Å². The first-order valence-electron chi connectivity index (χ1n) is 6.22. The van der Waals surface area contributed by atoms with Gasteiger partial charge in [0.05, 0.1) is 0 Å². The van der Waals surface area contributed by atoms with Crippen LogP contribution in [0.25, 0.3) is 11.8 Å². The number of hydrogen-bond donors (Lipinski definition) is 2. The molecule has 3 nitrogen and oxygen atoms in total. The predicted molar refractivity (Wildman–Crippen MR) is 73.9 cm³/mol. The van der Waals surface area contributed by atoms with E-state index in [0.717, 1.165) is 28.0 Å². The van der Waals surface area contributed by atoms with Crippen molar-refractivity contribution in [3.8, 4) is 0 Å². The van der Waals surface area contributed by atoms with Crippen LogP contribution in [0.5, 0.6) is 0 Å². The van der Waals surface area contributed by atoms with Gasteiger partial charge in [0.1, 0.15) is 0 Å². The molecular weight excluding hydrogens is 236 g/mol. The number of carbonyl (C=O) groups is 1. The number of nitrogens with two attached hydrogens (primary N) is 1. The van der Waals surface area contributed by atoms with Crippen molar-refractivity contribution in [2.75, 3.05) is 0 Å². The smallest absolute Gasteiger partial charge is 0.252 e. The standard InChI is InChI=1S/C16H12N2O/c17-15(19)16-12-7-3-1-5-10(12)9-14(18-16)11-6-2-4-8-13(11)16/h1-9,18H,(H2,17,19). The second kappa shape index (κ2) is 3.26. The van der Waals surface area contributed by atoms with Gasteiger partial charge in [0.15, 0.2) is 5.54 Å². The summed E-state index contributed by atoms with van der Waals surface area (Å²) in [6, 6.07) is 15.8. The normalized spacial score (nSPS) is 22.0. The SMILES string of the molecule is NC(=O)C12NC(=Cc3ccccc31)c1ccccc12. The summed E-state index contributed by atoms with van der Waals surface area (Å²) in [5.41, 5.74) is 9.76. The quantitative estimate of drug-likeness (QED) is 0.809. The summed E-state index contributed by atoms with van der Waals surface area (Å²) < 4.78 is 0. The predicted octanol–water partition coefficient (Wildman–Crippen LogP) is 1.83. The lowest BCUT2D eigenvalue weighted by Crippen LogP contribution is -2.50. The lowest BCUT2D eigenvalue weighted by Gasteiger charge is -2.32. The van der Waals surface area contributed by atoms with Crippen LogP contribution >= 0.6 is 0 Å². The first kappa shape index (κ1) is 10.4. The van der Waals surface area contributed by atoms with Gasteiger partial charge in [-0.1, -0.05) is 48.5 Å². The van der Waals surface area contributed by atoms with E-state index in [9.17, 15) is 4.79 Å². The number of amides is 1. The van der Waals surface area contributed by atoms with Crippen LogP contribution in [0.4, 0.5) is 0 Å². The monoisotopic (exact) mass is 248 g/mol. The van der Waals surface area contributed by atoms with Crippen LogP contribution in [0.1, 0.15) is 22.3 Å². The van der Waals surface area contributed by atoms with Crippen molar-refractivity contribution in [2.24, 2.45) is 5.73 Å². The van der Waals surface area contributed by atoms with Gasteiger partial charge in [0.25, 0.3) is 5.91 Å². The molecule has 2 aliphatic heterocycles. The maximum atomic E-state index is 12.2. The Balaban J connectivity index is 2.16.